The van der Waals surface area contributed by atoms with Gasteiger partial charge in [-0.1, -0.05) is 47.6 Å². The Morgan fingerprint density at radius 2 is 1.96 bits per heavy atom. The second-order valence-corrected chi connectivity index (χ2v) is 7.46. The molecular weight excluding hydrogens is 384 g/mol. The first-order valence-electron chi connectivity index (χ1n) is 8.24. The summed E-state index contributed by atoms with van der Waals surface area (Å²) in [6, 6.07) is 13.7. The molecule has 5 nitrogen and oxygen atoms in total. The van der Waals surface area contributed by atoms with Gasteiger partial charge >= 0.3 is 5.97 Å². The number of carbonyl (C=O) groups is 2. The molecule has 2 aromatic rings. The van der Waals surface area contributed by atoms with Crippen molar-refractivity contribution < 1.29 is 14.7 Å². The zero-order valence-electron chi connectivity index (χ0n) is 14.3. The van der Waals surface area contributed by atoms with Crippen LogP contribution >= 0.6 is 23.4 Å². The van der Waals surface area contributed by atoms with E-state index in [1.165, 1.54) is 23.9 Å². The van der Waals surface area contributed by atoms with Crippen molar-refractivity contribution in [1.29, 1.82) is 0 Å². The van der Waals surface area contributed by atoms with Crippen molar-refractivity contribution in [2.75, 3.05) is 6.54 Å². The third-order valence-electron chi connectivity index (χ3n) is 4.03. The summed E-state index contributed by atoms with van der Waals surface area (Å²) in [5.74, 6) is -1.03. The lowest BCUT2D eigenvalue weighted by Gasteiger charge is -2.14. The van der Waals surface area contributed by atoms with E-state index in [0.717, 1.165) is 5.56 Å². The smallest absolute Gasteiger partial charge is 0.335 e. The lowest BCUT2D eigenvalue weighted by Crippen LogP contribution is -2.32. The van der Waals surface area contributed by atoms with Crippen LogP contribution in [0.3, 0.4) is 0 Å². The Kier molecular flexibility index (Phi) is 5.98. The molecule has 1 N–H and O–H groups in total. The molecule has 7 heteroatoms. The molecule has 1 aliphatic heterocycles. The lowest BCUT2D eigenvalue weighted by molar-refractivity contribution is -0.125. The number of nitrogens with zero attached hydrogens (tertiary/aromatic N) is 2. The van der Waals surface area contributed by atoms with Crippen molar-refractivity contribution in [3.8, 4) is 0 Å². The topological polar surface area (TPSA) is 70.0 Å². The van der Waals surface area contributed by atoms with Gasteiger partial charge in [-0.2, -0.15) is 0 Å². The molecule has 138 valence electrons. The van der Waals surface area contributed by atoms with Crippen LogP contribution in [0.15, 0.2) is 66.2 Å². The van der Waals surface area contributed by atoms with Gasteiger partial charge < -0.3 is 5.11 Å². The van der Waals surface area contributed by atoms with Crippen LogP contribution in [-0.2, 0) is 11.2 Å². The molecule has 0 bridgehead atoms. The van der Waals surface area contributed by atoms with Gasteiger partial charge in [-0.05, 0) is 42.3 Å². The molecule has 0 aromatic heterocycles. The van der Waals surface area contributed by atoms with Crippen molar-refractivity contribution >= 4 is 46.1 Å². The van der Waals surface area contributed by atoms with E-state index in [1.54, 1.807) is 23.1 Å². The maximum absolute atomic E-state index is 12.8. The van der Waals surface area contributed by atoms with E-state index >= 15 is 0 Å². The maximum Gasteiger partial charge on any atom is 0.335 e. The molecule has 1 saturated heterocycles. The van der Waals surface area contributed by atoms with Crippen molar-refractivity contribution in [3.05, 3.63) is 77.3 Å². The Bertz CT molecular complexity index is 912. The van der Waals surface area contributed by atoms with Gasteiger partial charge in [-0.3, -0.25) is 9.69 Å². The number of benzene rings is 2. The summed E-state index contributed by atoms with van der Waals surface area (Å²) in [6.45, 7) is 4.07. The van der Waals surface area contributed by atoms with Gasteiger partial charge in [0.25, 0.3) is 0 Å². The molecule has 0 unspecified atom stereocenters. The molecule has 1 amide bonds. The molecule has 1 heterocycles. The minimum Gasteiger partial charge on any atom is -0.478 e. The molecule has 0 saturated carbocycles. The predicted octanol–water partition coefficient (Wildman–Crippen LogP) is 4.40. The van der Waals surface area contributed by atoms with Crippen LogP contribution < -0.4 is 0 Å². The summed E-state index contributed by atoms with van der Waals surface area (Å²) in [6.07, 6.45) is 2.16. The van der Waals surface area contributed by atoms with Gasteiger partial charge in [0.15, 0.2) is 5.17 Å². The van der Waals surface area contributed by atoms with Crippen molar-refractivity contribution in [2.24, 2.45) is 4.99 Å². The van der Waals surface area contributed by atoms with Gasteiger partial charge in [0.2, 0.25) is 5.91 Å². The summed E-state index contributed by atoms with van der Waals surface area (Å²) in [7, 11) is 0. The second-order valence-electron chi connectivity index (χ2n) is 5.89. The third-order valence-corrected chi connectivity index (χ3v) is 5.58. The monoisotopic (exact) mass is 400 g/mol. The summed E-state index contributed by atoms with van der Waals surface area (Å²) in [4.78, 5) is 29.9. The molecule has 0 radical (unpaired) electrons. The Hall–Kier alpha value is -2.57. The average molecular weight is 401 g/mol. The number of thioether (sulfide) groups is 1. The fraction of sp³-hybridized carbons (Fsp3) is 0.150. The number of aliphatic imine (C=N–C) groups is 1. The Morgan fingerprint density at radius 1 is 1.26 bits per heavy atom. The fourth-order valence-electron chi connectivity index (χ4n) is 2.67. The first-order valence-corrected chi connectivity index (χ1v) is 9.49. The molecule has 1 atom stereocenters. The van der Waals surface area contributed by atoms with E-state index in [0.29, 0.717) is 28.8 Å². The van der Waals surface area contributed by atoms with Gasteiger partial charge in [0, 0.05) is 11.6 Å². The normalized spacial score (nSPS) is 18.1. The minimum atomic E-state index is -0.993. The van der Waals surface area contributed by atoms with Gasteiger partial charge in [-0.15, -0.1) is 6.58 Å². The third kappa shape index (κ3) is 4.40. The first kappa shape index (κ1) is 19.2. The highest BCUT2D eigenvalue weighted by Crippen LogP contribution is 2.33. The highest BCUT2D eigenvalue weighted by molar-refractivity contribution is 8.15. The minimum absolute atomic E-state index is 0.0410. The van der Waals surface area contributed by atoms with Crippen molar-refractivity contribution in [2.45, 2.75) is 11.7 Å². The molecular formula is C20H17ClN2O3S. The second kappa shape index (κ2) is 8.41. The number of aromatic carboxylic acids is 1. The first-order chi connectivity index (χ1) is 13.0. The van der Waals surface area contributed by atoms with Crippen molar-refractivity contribution in [3.63, 3.8) is 0 Å². The number of hydrogen-bond acceptors (Lipinski definition) is 4. The summed E-state index contributed by atoms with van der Waals surface area (Å²) in [5, 5.41) is 9.88. The van der Waals surface area contributed by atoms with Gasteiger partial charge in [0.05, 0.1) is 16.5 Å². The van der Waals surface area contributed by atoms with Gasteiger partial charge in [-0.25, -0.2) is 9.79 Å². The van der Waals surface area contributed by atoms with Crippen LogP contribution in [0.4, 0.5) is 5.69 Å². The summed E-state index contributed by atoms with van der Waals surface area (Å²) < 4.78 is 0. The molecule has 3 rings (SSSR count). The largest absolute Gasteiger partial charge is 0.478 e. The summed E-state index contributed by atoms with van der Waals surface area (Å²) >= 11 is 7.61. The Labute approximate surface area is 166 Å². The standard InChI is InChI=1S/C20H17ClN2O3S/c1-2-11-23-18(24)17(12-14-5-3-4-6-16(14)21)27-20(23)22-15-9-7-13(8-10-15)19(25)26/h2-10,17H,1,11-12H2,(H,25,26)/t17-/m1/s1. The van der Waals surface area contributed by atoms with E-state index < -0.39 is 5.97 Å². The van der Waals surface area contributed by atoms with E-state index in [-0.39, 0.29) is 16.7 Å². The highest BCUT2D eigenvalue weighted by atomic mass is 35.5. The van der Waals surface area contributed by atoms with Crippen LogP contribution in [0.5, 0.6) is 0 Å². The number of hydrogen-bond donors (Lipinski definition) is 1. The number of amides is 1. The summed E-state index contributed by atoms with van der Waals surface area (Å²) in [5.41, 5.74) is 1.69. The number of amidine groups is 1. The molecule has 0 aliphatic carbocycles. The maximum atomic E-state index is 12.8. The number of carbonyl (C=O) groups excluding carboxylic acids is 1. The van der Waals surface area contributed by atoms with Crippen LogP contribution in [0, 0.1) is 0 Å². The molecule has 1 fully saturated rings. The number of carboxylic acids is 1. The van der Waals surface area contributed by atoms with Crippen LogP contribution in [0.1, 0.15) is 15.9 Å². The molecule has 0 spiro atoms. The van der Waals surface area contributed by atoms with Gasteiger partial charge in [0.1, 0.15) is 0 Å². The fourth-order valence-corrected chi connectivity index (χ4v) is 4.08. The van der Waals surface area contributed by atoms with Crippen LogP contribution in [-0.4, -0.2) is 38.8 Å². The zero-order valence-corrected chi connectivity index (χ0v) is 15.9. The van der Waals surface area contributed by atoms with Crippen molar-refractivity contribution in [1.82, 2.24) is 4.90 Å². The lowest BCUT2D eigenvalue weighted by atomic mass is 10.1. The van der Waals surface area contributed by atoms with E-state index in [9.17, 15) is 9.59 Å². The zero-order chi connectivity index (χ0) is 19.4. The highest BCUT2D eigenvalue weighted by Gasteiger charge is 2.37. The number of halogens is 1. The number of rotatable bonds is 6. The molecule has 27 heavy (non-hydrogen) atoms. The average Bonchev–Trinajstić information content (AvgIpc) is 2.93. The molecule has 2 aromatic carbocycles. The van der Waals surface area contributed by atoms with Crippen LogP contribution in [0.25, 0.3) is 0 Å². The quantitative estimate of drug-likeness (QED) is 0.729. The predicted molar refractivity (Wildman–Crippen MR) is 109 cm³/mol. The van der Waals surface area contributed by atoms with E-state index in [2.05, 4.69) is 11.6 Å². The Balaban J connectivity index is 1.85. The Morgan fingerprint density at radius 3 is 2.59 bits per heavy atom. The number of carboxylic acid groups (broad SMARTS) is 1. The van der Waals surface area contributed by atoms with E-state index in [4.69, 9.17) is 16.7 Å². The SMILES string of the molecule is C=CCN1C(=O)[C@@H](Cc2ccccc2Cl)SC1=Nc1ccc(C(=O)O)cc1. The van der Waals surface area contributed by atoms with E-state index in [1.807, 2.05) is 24.3 Å². The van der Waals surface area contributed by atoms with Crippen LogP contribution in [0.2, 0.25) is 5.02 Å². The molecule has 1 aliphatic rings.